The highest BCUT2D eigenvalue weighted by Gasteiger charge is 2.15. The fourth-order valence-electron chi connectivity index (χ4n) is 2.76. The number of fused-ring (bicyclic) bond motifs is 1. The van der Waals surface area contributed by atoms with E-state index in [-0.39, 0.29) is 11.5 Å². The van der Waals surface area contributed by atoms with Gasteiger partial charge in [0.05, 0.1) is 0 Å². The molecule has 1 aromatic heterocycles. The zero-order valence-electron chi connectivity index (χ0n) is 14.8. The second kappa shape index (κ2) is 7.87. The van der Waals surface area contributed by atoms with Crippen LogP contribution in [0, 0.1) is 0 Å². The summed E-state index contributed by atoms with van der Waals surface area (Å²) in [6.45, 7) is 4.11. The van der Waals surface area contributed by atoms with Crippen LogP contribution in [0.4, 0.5) is 0 Å². The number of benzene rings is 2. The van der Waals surface area contributed by atoms with Gasteiger partial charge in [0.15, 0.2) is 6.10 Å². The highest BCUT2D eigenvalue weighted by atomic mass is 16.5. The van der Waals surface area contributed by atoms with Crippen molar-refractivity contribution in [3.8, 4) is 5.75 Å². The lowest BCUT2D eigenvalue weighted by atomic mass is 10.1. The van der Waals surface area contributed by atoms with Gasteiger partial charge in [-0.2, -0.15) is 0 Å². The van der Waals surface area contributed by atoms with E-state index in [1.807, 2.05) is 43.3 Å². The van der Waals surface area contributed by atoms with Crippen LogP contribution in [-0.2, 0) is 17.8 Å². The van der Waals surface area contributed by atoms with Crippen LogP contribution in [0.5, 0.6) is 5.75 Å². The van der Waals surface area contributed by atoms with Crippen LogP contribution in [0.3, 0.4) is 0 Å². The molecule has 0 unspecified atom stereocenters. The van der Waals surface area contributed by atoms with Crippen molar-refractivity contribution >= 4 is 16.9 Å². The summed E-state index contributed by atoms with van der Waals surface area (Å²) in [5.74, 6) is 0.272. The Morgan fingerprint density at radius 1 is 1.15 bits per heavy atom. The van der Waals surface area contributed by atoms with Crippen molar-refractivity contribution in [1.82, 2.24) is 5.32 Å². The average molecular weight is 351 g/mol. The molecule has 0 spiro atoms. The minimum Gasteiger partial charge on any atom is -0.481 e. The van der Waals surface area contributed by atoms with Gasteiger partial charge in [0.2, 0.25) is 0 Å². The Kier molecular flexibility index (Phi) is 5.37. The first-order chi connectivity index (χ1) is 12.6. The molecule has 5 heteroatoms. The Labute approximate surface area is 151 Å². The van der Waals surface area contributed by atoms with Crippen LogP contribution in [0.2, 0.25) is 0 Å². The third-order valence-corrected chi connectivity index (χ3v) is 4.17. The van der Waals surface area contributed by atoms with Crippen LogP contribution in [-0.4, -0.2) is 12.0 Å². The van der Waals surface area contributed by atoms with Crippen molar-refractivity contribution in [2.45, 2.75) is 32.9 Å². The molecule has 3 aromatic rings. The normalized spacial score (nSPS) is 11.9. The average Bonchev–Trinajstić information content (AvgIpc) is 2.65. The first-order valence-electron chi connectivity index (χ1n) is 8.62. The van der Waals surface area contributed by atoms with Crippen molar-refractivity contribution in [1.29, 1.82) is 0 Å². The first kappa shape index (κ1) is 17.7. The fraction of sp³-hybridized carbons (Fsp3) is 0.238. The molecule has 1 amide bonds. The van der Waals surface area contributed by atoms with Crippen molar-refractivity contribution in [3.05, 3.63) is 76.1 Å². The summed E-state index contributed by atoms with van der Waals surface area (Å²) in [7, 11) is 0. The van der Waals surface area contributed by atoms with E-state index in [9.17, 15) is 9.59 Å². The number of aryl methyl sites for hydroxylation is 1. The van der Waals surface area contributed by atoms with Gasteiger partial charge >= 0.3 is 5.63 Å². The number of rotatable bonds is 6. The van der Waals surface area contributed by atoms with Crippen LogP contribution < -0.4 is 15.7 Å². The van der Waals surface area contributed by atoms with E-state index >= 15 is 0 Å². The molecule has 0 aliphatic heterocycles. The molecule has 3 rings (SSSR count). The highest BCUT2D eigenvalue weighted by Crippen LogP contribution is 2.23. The number of carbonyl (C=O) groups excluding carboxylic acids is 1. The number of amides is 1. The predicted molar refractivity (Wildman–Crippen MR) is 100 cm³/mol. The van der Waals surface area contributed by atoms with E-state index in [1.54, 1.807) is 19.1 Å². The quantitative estimate of drug-likeness (QED) is 0.691. The highest BCUT2D eigenvalue weighted by molar-refractivity contribution is 5.83. The van der Waals surface area contributed by atoms with Crippen LogP contribution in [0.1, 0.15) is 25.0 Å². The lowest BCUT2D eigenvalue weighted by Gasteiger charge is -2.15. The summed E-state index contributed by atoms with van der Waals surface area (Å²) in [4.78, 5) is 23.9. The van der Waals surface area contributed by atoms with Crippen LogP contribution >= 0.6 is 0 Å². The smallest absolute Gasteiger partial charge is 0.336 e. The summed E-state index contributed by atoms with van der Waals surface area (Å²) in [6.07, 6.45) is 0.0675. The molecule has 0 fully saturated rings. The molecule has 0 saturated carbocycles. The molecule has 0 saturated heterocycles. The molecule has 134 valence electrons. The second-order valence-corrected chi connectivity index (χ2v) is 6.07. The summed E-state index contributed by atoms with van der Waals surface area (Å²) >= 11 is 0. The molecule has 26 heavy (non-hydrogen) atoms. The number of carbonyl (C=O) groups is 1. The molecule has 2 aromatic carbocycles. The largest absolute Gasteiger partial charge is 0.481 e. The molecule has 0 bridgehead atoms. The molecule has 1 N–H and O–H groups in total. The molecular formula is C21H21NO4. The summed E-state index contributed by atoms with van der Waals surface area (Å²) in [5, 5.41) is 3.72. The van der Waals surface area contributed by atoms with Gasteiger partial charge in [-0.1, -0.05) is 37.3 Å². The minimum atomic E-state index is -0.669. The third-order valence-electron chi connectivity index (χ3n) is 4.17. The van der Waals surface area contributed by atoms with Gasteiger partial charge in [0, 0.05) is 24.1 Å². The monoisotopic (exact) mass is 351 g/mol. The molecule has 0 aliphatic rings. The number of ether oxygens (including phenoxy) is 1. The van der Waals surface area contributed by atoms with E-state index in [2.05, 4.69) is 5.32 Å². The van der Waals surface area contributed by atoms with Gasteiger partial charge in [-0.25, -0.2) is 4.79 Å². The number of nitrogens with one attached hydrogen (secondary N) is 1. The minimum absolute atomic E-state index is 0.210. The summed E-state index contributed by atoms with van der Waals surface area (Å²) < 4.78 is 11.0. The lowest BCUT2D eigenvalue weighted by Crippen LogP contribution is -2.35. The van der Waals surface area contributed by atoms with Gasteiger partial charge in [-0.15, -0.1) is 0 Å². The standard InChI is InChI=1S/C21H21NO4/c1-3-16-11-20(23)26-19-12-17(9-10-18(16)19)25-14(2)21(24)22-13-15-7-5-4-6-8-15/h4-12,14H,3,13H2,1-2H3,(H,22,24)/t14-/m0/s1. The second-order valence-electron chi connectivity index (χ2n) is 6.07. The lowest BCUT2D eigenvalue weighted by molar-refractivity contribution is -0.127. The maximum atomic E-state index is 12.2. The van der Waals surface area contributed by atoms with Gasteiger partial charge in [-0.05, 0) is 36.6 Å². The van der Waals surface area contributed by atoms with Crippen LogP contribution in [0.25, 0.3) is 11.0 Å². The van der Waals surface area contributed by atoms with Gasteiger partial charge < -0.3 is 14.5 Å². The zero-order valence-corrected chi connectivity index (χ0v) is 14.8. The third kappa shape index (κ3) is 4.11. The van der Waals surface area contributed by atoms with Crippen molar-refractivity contribution < 1.29 is 13.9 Å². The van der Waals surface area contributed by atoms with E-state index in [0.29, 0.717) is 17.9 Å². The Hall–Kier alpha value is -3.08. The Morgan fingerprint density at radius 2 is 1.92 bits per heavy atom. The SMILES string of the molecule is CCc1cc(=O)oc2cc(O[C@@H](C)C(=O)NCc3ccccc3)ccc12. The van der Waals surface area contributed by atoms with Gasteiger partial charge in [0.25, 0.3) is 5.91 Å². The van der Waals surface area contributed by atoms with Crippen molar-refractivity contribution in [3.63, 3.8) is 0 Å². The number of hydrogen-bond acceptors (Lipinski definition) is 4. The van der Waals surface area contributed by atoms with Crippen molar-refractivity contribution in [2.24, 2.45) is 0 Å². The maximum Gasteiger partial charge on any atom is 0.336 e. The fourth-order valence-corrected chi connectivity index (χ4v) is 2.76. The van der Waals surface area contributed by atoms with E-state index in [1.165, 1.54) is 6.07 Å². The molecule has 0 radical (unpaired) electrons. The van der Waals surface area contributed by atoms with E-state index in [4.69, 9.17) is 9.15 Å². The van der Waals surface area contributed by atoms with E-state index < -0.39 is 6.10 Å². The maximum absolute atomic E-state index is 12.2. The molecule has 1 heterocycles. The van der Waals surface area contributed by atoms with Crippen LogP contribution in [0.15, 0.2) is 63.8 Å². The summed E-state index contributed by atoms with van der Waals surface area (Å²) in [6, 6.07) is 16.5. The first-order valence-corrected chi connectivity index (χ1v) is 8.62. The topological polar surface area (TPSA) is 68.5 Å². The predicted octanol–water partition coefficient (Wildman–Crippen LogP) is 3.44. The van der Waals surface area contributed by atoms with E-state index in [0.717, 1.165) is 22.9 Å². The van der Waals surface area contributed by atoms with Crippen molar-refractivity contribution in [2.75, 3.05) is 0 Å². The van der Waals surface area contributed by atoms with Gasteiger partial charge in [-0.3, -0.25) is 4.79 Å². The molecule has 1 atom stereocenters. The Balaban J connectivity index is 1.69. The van der Waals surface area contributed by atoms with Gasteiger partial charge in [0.1, 0.15) is 11.3 Å². The Morgan fingerprint density at radius 3 is 2.65 bits per heavy atom. The number of hydrogen-bond donors (Lipinski definition) is 1. The molecule has 5 nitrogen and oxygen atoms in total. The Bertz CT molecular complexity index is 963. The zero-order chi connectivity index (χ0) is 18.5. The molecular weight excluding hydrogens is 330 g/mol. The summed E-state index contributed by atoms with van der Waals surface area (Å²) in [5.41, 5.74) is 2.02. The molecule has 0 aliphatic carbocycles.